The van der Waals surface area contributed by atoms with Crippen LogP contribution in [0.25, 0.3) is 0 Å². The Bertz CT molecular complexity index is 357. The maximum Gasteiger partial charge on any atom is 0.0702 e. The quantitative estimate of drug-likeness (QED) is 0.815. The van der Waals surface area contributed by atoms with Crippen LogP contribution in [0.1, 0.15) is 18.9 Å². The van der Waals surface area contributed by atoms with Gasteiger partial charge in [-0.15, -0.1) is 0 Å². The van der Waals surface area contributed by atoms with Gasteiger partial charge in [-0.1, -0.05) is 18.2 Å². The minimum absolute atomic E-state index is 0.0276. The van der Waals surface area contributed by atoms with Crippen molar-refractivity contribution in [1.82, 2.24) is 0 Å². The fourth-order valence-electron chi connectivity index (χ4n) is 1.50. The van der Waals surface area contributed by atoms with Crippen LogP contribution in [-0.4, -0.2) is 18.2 Å². The van der Waals surface area contributed by atoms with Crippen molar-refractivity contribution in [2.45, 2.75) is 26.0 Å². The summed E-state index contributed by atoms with van der Waals surface area (Å²) in [7, 11) is 1.94. The zero-order valence-corrected chi connectivity index (χ0v) is 9.14. The Morgan fingerprint density at radius 2 is 2.13 bits per heavy atom. The molecule has 80 valence electrons. The lowest BCUT2D eigenvalue weighted by atomic mass is 10.1. The minimum Gasteiger partial charge on any atom is -0.392 e. The Morgan fingerprint density at radius 3 is 2.73 bits per heavy atom. The van der Waals surface area contributed by atoms with E-state index in [0.29, 0.717) is 6.42 Å². The molecular weight excluding hydrogens is 188 g/mol. The molecule has 0 radical (unpaired) electrons. The number of aliphatic hydroxyl groups excluding tert-OH is 1. The van der Waals surface area contributed by atoms with E-state index in [0.717, 1.165) is 11.3 Å². The molecule has 1 unspecified atom stereocenters. The average Bonchev–Trinajstić information content (AvgIpc) is 2.28. The van der Waals surface area contributed by atoms with E-state index in [1.165, 1.54) is 0 Å². The minimum atomic E-state index is 0.0276. The third-order valence-corrected chi connectivity index (χ3v) is 2.59. The predicted octanol–water partition coefficient (Wildman–Crippen LogP) is 1.92. The molecule has 0 saturated heterocycles. The summed E-state index contributed by atoms with van der Waals surface area (Å²) in [6.07, 6.45) is 0.482. The van der Waals surface area contributed by atoms with Crippen LogP contribution >= 0.6 is 0 Å². The molecule has 15 heavy (non-hydrogen) atoms. The van der Waals surface area contributed by atoms with Gasteiger partial charge in [0.1, 0.15) is 0 Å². The summed E-state index contributed by atoms with van der Waals surface area (Å²) < 4.78 is 0. The van der Waals surface area contributed by atoms with E-state index in [9.17, 15) is 5.11 Å². The van der Waals surface area contributed by atoms with E-state index < -0.39 is 0 Å². The van der Waals surface area contributed by atoms with Gasteiger partial charge in [0.25, 0.3) is 0 Å². The van der Waals surface area contributed by atoms with Gasteiger partial charge in [0.2, 0.25) is 0 Å². The van der Waals surface area contributed by atoms with Crippen molar-refractivity contribution in [3.8, 4) is 6.07 Å². The molecule has 0 aromatic heterocycles. The van der Waals surface area contributed by atoms with Gasteiger partial charge in [0.05, 0.1) is 19.1 Å². The van der Waals surface area contributed by atoms with Crippen LogP contribution in [-0.2, 0) is 6.61 Å². The number of nitriles is 1. The van der Waals surface area contributed by atoms with Crippen molar-refractivity contribution in [2.75, 3.05) is 11.9 Å². The topological polar surface area (TPSA) is 47.3 Å². The molecule has 0 aliphatic rings. The van der Waals surface area contributed by atoms with E-state index in [1.807, 2.05) is 43.1 Å². The smallest absolute Gasteiger partial charge is 0.0702 e. The largest absolute Gasteiger partial charge is 0.392 e. The predicted molar refractivity (Wildman–Crippen MR) is 60.5 cm³/mol. The molecule has 3 heteroatoms. The average molecular weight is 204 g/mol. The van der Waals surface area contributed by atoms with Gasteiger partial charge in [-0.2, -0.15) is 5.26 Å². The lowest BCUT2D eigenvalue weighted by Crippen LogP contribution is -2.29. The fourth-order valence-corrected chi connectivity index (χ4v) is 1.50. The summed E-state index contributed by atoms with van der Waals surface area (Å²) in [5.74, 6) is 0. The number of hydrogen-bond donors (Lipinski definition) is 1. The normalized spacial score (nSPS) is 11.9. The maximum atomic E-state index is 9.19. The van der Waals surface area contributed by atoms with E-state index in [-0.39, 0.29) is 12.6 Å². The van der Waals surface area contributed by atoms with Gasteiger partial charge in [0, 0.05) is 24.3 Å². The van der Waals surface area contributed by atoms with Crippen molar-refractivity contribution in [3.63, 3.8) is 0 Å². The standard InChI is InChI=1S/C12H16N2O/c1-10(7-8-13)14(2)12-6-4-3-5-11(12)9-15/h3-6,10,15H,7,9H2,1-2H3. The monoisotopic (exact) mass is 204 g/mol. The van der Waals surface area contributed by atoms with Crippen molar-refractivity contribution in [3.05, 3.63) is 29.8 Å². The molecule has 1 aromatic rings. The van der Waals surface area contributed by atoms with Crippen LogP contribution in [0.5, 0.6) is 0 Å². The van der Waals surface area contributed by atoms with Gasteiger partial charge in [-0.25, -0.2) is 0 Å². The number of anilines is 1. The molecule has 1 atom stereocenters. The zero-order chi connectivity index (χ0) is 11.3. The highest BCUT2D eigenvalue weighted by Crippen LogP contribution is 2.21. The number of hydrogen-bond acceptors (Lipinski definition) is 3. The third kappa shape index (κ3) is 2.71. The number of benzene rings is 1. The van der Waals surface area contributed by atoms with Crippen LogP contribution < -0.4 is 4.90 Å². The number of rotatable bonds is 4. The molecule has 0 aliphatic heterocycles. The van der Waals surface area contributed by atoms with Crippen LogP contribution in [0.3, 0.4) is 0 Å². The lowest BCUT2D eigenvalue weighted by Gasteiger charge is -2.27. The van der Waals surface area contributed by atoms with E-state index in [2.05, 4.69) is 6.07 Å². The molecular formula is C12H16N2O. The van der Waals surface area contributed by atoms with Crippen molar-refractivity contribution in [1.29, 1.82) is 5.26 Å². The second-order valence-electron chi connectivity index (χ2n) is 3.61. The molecule has 0 bridgehead atoms. The highest BCUT2D eigenvalue weighted by atomic mass is 16.3. The molecule has 0 fully saturated rings. The summed E-state index contributed by atoms with van der Waals surface area (Å²) in [4.78, 5) is 2.02. The zero-order valence-electron chi connectivity index (χ0n) is 9.14. The first-order valence-corrected chi connectivity index (χ1v) is 4.99. The molecule has 1 N–H and O–H groups in total. The number of nitrogens with zero attached hydrogens (tertiary/aromatic N) is 2. The number of aliphatic hydroxyl groups is 1. The first kappa shape index (κ1) is 11.5. The Kier molecular flexibility index (Phi) is 4.14. The summed E-state index contributed by atoms with van der Waals surface area (Å²) in [6, 6.07) is 9.99. The molecule has 3 nitrogen and oxygen atoms in total. The first-order chi connectivity index (χ1) is 7.20. The second kappa shape index (κ2) is 5.38. The number of para-hydroxylation sites is 1. The first-order valence-electron chi connectivity index (χ1n) is 4.99. The Labute approximate surface area is 90.6 Å². The Morgan fingerprint density at radius 1 is 1.47 bits per heavy atom. The lowest BCUT2D eigenvalue weighted by molar-refractivity contribution is 0.282. The van der Waals surface area contributed by atoms with Gasteiger partial charge < -0.3 is 10.0 Å². The van der Waals surface area contributed by atoms with E-state index >= 15 is 0 Å². The fraction of sp³-hybridized carbons (Fsp3) is 0.417. The van der Waals surface area contributed by atoms with Crippen molar-refractivity contribution < 1.29 is 5.11 Å². The van der Waals surface area contributed by atoms with Crippen LogP contribution in [0.15, 0.2) is 24.3 Å². The SMILES string of the molecule is CC(CC#N)N(C)c1ccccc1CO. The van der Waals surface area contributed by atoms with Gasteiger partial charge in [-0.05, 0) is 13.0 Å². The van der Waals surface area contributed by atoms with Gasteiger partial charge >= 0.3 is 0 Å². The molecule has 0 heterocycles. The summed E-state index contributed by atoms with van der Waals surface area (Å²) in [6.45, 7) is 2.02. The van der Waals surface area contributed by atoms with E-state index in [1.54, 1.807) is 0 Å². The molecule has 0 aliphatic carbocycles. The highest BCUT2D eigenvalue weighted by Gasteiger charge is 2.12. The Balaban J connectivity index is 2.90. The summed E-state index contributed by atoms with van der Waals surface area (Å²) in [5, 5.41) is 17.8. The third-order valence-electron chi connectivity index (χ3n) is 2.59. The van der Waals surface area contributed by atoms with Crippen LogP contribution in [0.2, 0.25) is 0 Å². The van der Waals surface area contributed by atoms with E-state index in [4.69, 9.17) is 5.26 Å². The second-order valence-corrected chi connectivity index (χ2v) is 3.61. The van der Waals surface area contributed by atoms with Gasteiger partial charge in [-0.3, -0.25) is 0 Å². The summed E-state index contributed by atoms with van der Waals surface area (Å²) >= 11 is 0. The van der Waals surface area contributed by atoms with Crippen LogP contribution in [0, 0.1) is 11.3 Å². The summed E-state index contributed by atoms with van der Waals surface area (Å²) in [5.41, 5.74) is 1.88. The highest BCUT2D eigenvalue weighted by molar-refractivity contribution is 5.53. The molecule has 0 saturated carbocycles. The molecule has 0 amide bonds. The van der Waals surface area contributed by atoms with Gasteiger partial charge in [0.15, 0.2) is 0 Å². The molecule has 1 rings (SSSR count). The maximum absolute atomic E-state index is 9.19. The molecule has 1 aromatic carbocycles. The molecule has 0 spiro atoms. The van der Waals surface area contributed by atoms with Crippen molar-refractivity contribution >= 4 is 5.69 Å². The Hall–Kier alpha value is -1.53. The van der Waals surface area contributed by atoms with Crippen LogP contribution in [0.4, 0.5) is 5.69 Å². The van der Waals surface area contributed by atoms with Crippen molar-refractivity contribution in [2.24, 2.45) is 0 Å².